The highest BCUT2D eigenvalue weighted by Gasteiger charge is 2.31. The van der Waals surface area contributed by atoms with Gasteiger partial charge in [0.2, 0.25) is 0 Å². The van der Waals surface area contributed by atoms with Crippen LogP contribution in [0.25, 0.3) is 11.1 Å². The maximum atomic E-state index is 14.3. The first-order chi connectivity index (χ1) is 16.1. The summed E-state index contributed by atoms with van der Waals surface area (Å²) in [4.78, 5) is 19.0. The topological polar surface area (TPSA) is 66.2 Å². The minimum absolute atomic E-state index is 0.0733. The Morgan fingerprint density at radius 3 is 2.45 bits per heavy atom. The first-order valence-corrected chi connectivity index (χ1v) is 10.4. The van der Waals surface area contributed by atoms with Gasteiger partial charge in [-0.1, -0.05) is 42.5 Å². The van der Waals surface area contributed by atoms with Crippen molar-refractivity contribution in [3.05, 3.63) is 113 Å². The van der Waals surface area contributed by atoms with Crippen LogP contribution < -0.4 is 4.74 Å². The molecule has 1 aliphatic heterocycles. The van der Waals surface area contributed by atoms with Crippen molar-refractivity contribution in [3.63, 3.8) is 0 Å². The fourth-order valence-electron chi connectivity index (χ4n) is 3.98. The molecule has 3 aromatic carbocycles. The Hall–Kier alpha value is -4.50. The highest BCUT2D eigenvalue weighted by molar-refractivity contribution is 6.01. The second-order valence-electron chi connectivity index (χ2n) is 7.71. The van der Waals surface area contributed by atoms with E-state index in [4.69, 9.17) is 4.74 Å². The van der Waals surface area contributed by atoms with Crippen molar-refractivity contribution in [2.75, 3.05) is 0 Å². The molecule has 6 heteroatoms. The van der Waals surface area contributed by atoms with Crippen LogP contribution in [-0.4, -0.2) is 15.8 Å². The number of para-hydroxylation sites is 1. The SMILES string of the molecule is N#Cc1cccc(F)c1Oc1cccc2c1C(=O)N(Cc1ccc(-c3ccncc3)cc1)C2. The molecule has 0 unspecified atom stereocenters. The number of carbonyl (C=O) groups is 1. The van der Waals surface area contributed by atoms with Crippen LogP contribution in [0, 0.1) is 17.1 Å². The molecule has 2 heterocycles. The molecule has 0 saturated heterocycles. The Balaban J connectivity index is 1.38. The molecule has 5 nitrogen and oxygen atoms in total. The average Bonchev–Trinajstić information content (AvgIpc) is 3.17. The van der Waals surface area contributed by atoms with Crippen molar-refractivity contribution in [2.24, 2.45) is 0 Å². The zero-order chi connectivity index (χ0) is 22.8. The predicted octanol–water partition coefficient (Wildman–Crippen LogP) is 5.71. The van der Waals surface area contributed by atoms with Gasteiger partial charge in [0.05, 0.1) is 11.1 Å². The summed E-state index contributed by atoms with van der Waals surface area (Å²) in [6, 6.07) is 23.3. The number of hydrogen-bond acceptors (Lipinski definition) is 4. The molecule has 0 N–H and O–H groups in total. The van der Waals surface area contributed by atoms with Crippen LogP contribution in [0.3, 0.4) is 0 Å². The van der Waals surface area contributed by atoms with E-state index in [0.717, 1.165) is 22.3 Å². The molecule has 0 radical (unpaired) electrons. The van der Waals surface area contributed by atoms with Gasteiger partial charge in [-0.2, -0.15) is 5.26 Å². The smallest absolute Gasteiger partial charge is 0.258 e. The number of rotatable bonds is 5. The molecular weight excluding hydrogens is 417 g/mol. The number of nitriles is 1. The molecule has 0 spiro atoms. The Kier molecular flexibility index (Phi) is 5.29. The lowest BCUT2D eigenvalue weighted by atomic mass is 10.1. The molecule has 0 aliphatic carbocycles. The van der Waals surface area contributed by atoms with E-state index >= 15 is 0 Å². The van der Waals surface area contributed by atoms with E-state index in [2.05, 4.69) is 4.98 Å². The second-order valence-corrected chi connectivity index (χ2v) is 7.71. The minimum Gasteiger partial charge on any atom is -0.452 e. The summed E-state index contributed by atoms with van der Waals surface area (Å²) in [5.74, 6) is -0.766. The van der Waals surface area contributed by atoms with Crippen LogP contribution in [0.15, 0.2) is 85.2 Å². The van der Waals surface area contributed by atoms with Crippen molar-refractivity contribution in [3.8, 4) is 28.7 Å². The van der Waals surface area contributed by atoms with Gasteiger partial charge in [0.15, 0.2) is 11.6 Å². The maximum Gasteiger partial charge on any atom is 0.258 e. The number of amides is 1. The van der Waals surface area contributed by atoms with Gasteiger partial charge in [0, 0.05) is 25.5 Å². The summed E-state index contributed by atoms with van der Waals surface area (Å²) in [6.45, 7) is 0.868. The highest BCUT2D eigenvalue weighted by Crippen LogP contribution is 2.36. The van der Waals surface area contributed by atoms with E-state index in [0.29, 0.717) is 18.7 Å². The van der Waals surface area contributed by atoms with Crippen molar-refractivity contribution in [1.29, 1.82) is 5.26 Å². The van der Waals surface area contributed by atoms with Crippen LogP contribution in [-0.2, 0) is 13.1 Å². The zero-order valence-corrected chi connectivity index (χ0v) is 17.5. The lowest BCUT2D eigenvalue weighted by Gasteiger charge is -2.16. The number of fused-ring (bicyclic) bond motifs is 1. The summed E-state index contributed by atoms with van der Waals surface area (Å²) >= 11 is 0. The van der Waals surface area contributed by atoms with Crippen molar-refractivity contribution in [1.82, 2.24) is 9.88 Å². The van der Waals surface area contributed by atoms with Crippen molar-refractivity contribution < 1.29 is 13.9 Å². The second kappa shape index (κ2) is 8.56. The quantitative estimate of drug-likeness (QED) is 0.403. The van der Waals surface area contributed by atoms with Crippen LogP contribution in [0.5, 0.6) is 11.5 Å². The number of hydrogen-bond donors (Lipinski definition) is 0. The van der Waals surface area contributed by atoms with Crippen LogP contribution >= 0.6 is 0 Å². The number of aromatic nitrogens is 1. The molecule has 33 heavy (non-hydrogen) atoms. The maximum absolute atomic E-state index is 14.3. The minimum atomic E-state index is -0.650. The Bertz CT molecular complexity index is 1380. The fourth-order valence-corrected chi connectivity index (χ4v) is 3.98. The van der Waals surface area contributed by atoms with E-state index < -0.39 is 5.82 Å². The molecule has 1 aliphatic rings. The Morgan fingerprint density at radius 1 is 0.970 bits per heavy atom. The van der Waals surface area contributed by atoms with Gasteiger partial charge in [-0.3, -0.25) is 9.78 Å². The van der Waals surface area contributed by atoms with Gasteiger partial charge in [0.25, 0.3) is 5.91 Å². The third-order valence-electron chi connectivity index (χ3n) is 5.62. The number of halogens is 1. The van der Waals surface area contributed by atoms with E-state index in [1.807, 2.05) is 48.5 Å². The monoisotopic (exact) mass is 435 g/mol. The molecule has 1 aromatic heterocycles. The fraction of sp³-hybridized carbons (Fsp3) is 0.0741. The van der Waals surface area contributed by atoms with Crippen molar-refractivity contribution >= 4 is 5.91 Å². The first-order valence-electron chi connectivity index (χ1n) is 10.4. The normalized spacial score (nSPS) is 12.4. The molecule has 5 rings (SSSR count). The van der Waals surface area contributed by atoms with Gasteiger partial charge in [-0.25, -0.2) is 4.39 Å². The summed E-state index contributed by atoms with van der Waals surface area (Å²) in [5, 5.41) is 9.29. The highest BCUT2D eigenvalue weighted by atomic mass is 19.1. The summed E-state index contributed by atoms with van der Waals surface area (Å²) in [5.41, 5.74) is 4.43. The molecule has 0 saturated carbocycles. The van der Waals surface area contributed by atoms with E-state index in [1.54, 1.807) is 29.4 Å². The van der Waals surface area contributed by atoms with Crippen LogP contribution in [0.1, 0.15) is 27.0 Å². The third-order valence-corrected chi connectivity index (χ3v) is 5.62. The Labute approximate surface area is 190 Å². The van der Waals surface area contributed by atoms with E-state index in [9.17, 15) is 14.4 Å². The summed E-state index contributed by atoms with van der Waals surface area (Å²) < 4.78 is 20.1. The number of pyridine rings is 1. The van der Waals surface area contributed by atoms with Gasteiger partial charge in [-0.05, 0) is 52.6 Å². The van der Waals surface area contributed by atoms with Gasteiger partial charge in [-0.15, -0.1) is 0 Å². The van der Waals surface area contributed by atoms with Gasteiger partial charge >= 0.3 is 0 Å². The average molecular weight is 435 g/mol. The van der Waals surface area contributed by atoms with Crippen LogP contribution in [0.4, 0.5) is 4.39 Å². The van der Waals surface area contributed by atoms with Crippen LogP contribution in [0.2, 0.25) is 0 Å². The third kappa shape index (κ3) is 3.92. The molecule has 0 fully saturated rings. The summed E-state index contributed by atoms with van der Waals surface area (Å²) in [7, 11) is 0. The first kappa shape index (κ1) is 20.4. The molecular formula is C27H18FN3O2. The van der Waals surface area contributed by atoms with Crippen molar-refractivity contribution in [2.45, 2.75) is 13.1 Å². The Morgan fingerprint density at radius 2 is 1.70 bits per heavy atom. The molecule has 0 bridgehead atoms. The number of benzene rings is 3. The van der Waals surface area contributed by atoms with Gasteiger partial charge < -0.3 is 9.64 Å². The molecule has 160 valence electrons. The number of nitrogens with zero attached hydrogens (tertiary/aromatic N) is 3. The molecule has 1 amide bonds. The van der Waals surface area contributed by atoms with E-state index in [-0.39, 0.29) is 23.0 Å². The standard InChI is InChI=1S/C27H18FN3O2/c28-23-5-1-3-21(15-29)26(23)33-24-6-2-4-22-17-31(27(32)25(22)24)16-18-7-9-19(10-8-18)20-11-13-30-14-12-20/h1-14H,16-17H2. The lowest BCUT2D eigenvalue weighted by molar-refractivity contribution is 0.0765. The zero-order valence-electron chi connectivity index (χ0n) is 17.5. The summed E-state index contributed by atoms with van der Waals surface area (Å²) in [6.07, 6.45) is 3.51. The number of ether oxygens (including phenoxy) is 1. The molecule has 0 atom stereocenters. The predicted molar refractivity (Wildman–Crippen MR) is 121 cm³/mol. The molecule has 4 aromatic rings. The lowest BCUT2D eigenvalue weighted by Crippen LogP contribution is -2.23. The van der Waals surface area contributed by atoms with E-state index in [1.165, 1.54) is 18.2 Å². The largest absolute Gasteiger partial charge is 0.452 e. The number of carbonyl (C=O) groups excluding carboxylic acids is 1. The van der Waals surface area contributed by atoms with Gasteiger partial charge in [0.1, 0.15) is 11.8 Å².